The maximum absolute atomic E-state index is 12.2. The number of hydrogen-bond acceptors (Lipinski definition) is 4. The number of carbonyl (C=O) groups excluding carboxylic acids is 1. The van der Waals surface area contributed by atoms with E-state index in [1.807, 2.05) is 25.1 Å². The second kappa shape index (κ2) is 6.27. The van der Waals surface area contributed by atoms with Gasteiger partial charge in [0.1, 0.15) is 18.4 Å². The number of rotatable bonds is 2. The van der Waals surface area contributed by atoms with E-state index in [9.17, 15) is 4.79 Å². The second-order valence-corrected chi connectivity index (χ2v) is 5.67. The summed E-state index contributed by atoms with van der Waals surface area (Å²) in [5, 5.41) is 12.0. The molecule has 0 spiro atoms. The third-order valence-corrected chi connectivity index (χ3v) is 4.24. The van der Waals surface area contributed by atoms with E-state index in [1.165, 1.54) is 0 Å². The van der Waals surface area contributed by atoms with Gasteiger partial charge in [-0.2, -0.15) is 5.26 Å². The van der Waals surface area contributed by atoms with E-state index in [0.717, 1.165) is 16.7 Å². The molecule has 2 aromatic rings. The van der Waals surface area contributed by atoms with Gasteiger partial charge in [-0.15, -0.1) is 0 Å². The van der Waals surface area contributed by atoms with Gasteiger partial charge in [-0.1, -0.05) is 17.7 Å². The number of amides is 1. The van der Waals surface area contributed by atoms with Crippen molar-refractivity contribution in [3.63, 3.8) is 0 Å². The van der Waals surface area contributed by atoms with E-state index in [0.29, 0.717) is 41.6 Å². The van der Waals surface area contributed by atoms with Gasteiger partial charge in [-0.05, 0) is 42.2 Å². The predicted molar refractivity (Wildman–Crippen MR) is 85.8 cm³/mol. The van der Waals surface area contributed by atoms with Crippen LogP contribution in [-0.4, -0.2) is 24.0 Å². The summed E-state index contributed by atoms with van der Waals surface area (Å²) in [5.74, 6) is 0.263. The first kappa shape index (κ1) is 15.3. The summed E-state index contributed by atoms with van der Waals surface area (Å²) in [6.07, 6.45) is 2.24. The quantitative estimate of drug-likeness (QED) is 0.920. The molecule has 1 aliphatic rings. The minimum absolute atomic E-state index is 0.182. The summed E-state index contributed by atoms with van der Waals surface area (Å²) in [7, 11) is 0. The van der Waals surface area contributed by atoms with E-state index >= 15 is 0 Å². The largest absolute Gasteiger partial charge is 0.489 e. The Bertz CT molecular complexity index is 810. The summed E-state index contributed by atoms with van der Waals surface area (Å²) in [4.78, 5) is 16.2. The van der Waals surface area contributed by atoms with Crippen molar-refractivity contribution in [2.24, 2.45) is 0 Å². The van der Waals surface area contributed by atoms with Crippen LogP contribution in [0.15, 0.2) is 24.4 Å². The zero-order valence-corrected chi connectivity index (χ0v) is 13.3. The zero-order chi connectivity index (χ0) is 16.4. The molecule has 1 aliphatic heterocycles. The molecule has 0 atom stereocenters. The summed E-state index contributed by atoms with van der Waals surface area (Å²) >= 11 is 6.40. The molecule has 116 valence electrons. The fraction of sp³-hybridized carbons (Fsp3) is 0.235. The van der Waals surface area contributed by atoms with E-state index in [4.69, 9.17) is 21.6 Å². The zero-order valence-electron chi connectivity index (χ0n) is 12.5. The molecule has 5 nitrogen and oxygen atoms in total. The fourth-order valence-electron chi connectivity index (χ4n) is 2.50. The Morgan fingerprint density at radius 3 is 3.00 bits per heavy atom. The Morgan fingerprint density at radius 1 is 1.48 bits per heavy atom. The van der Waals surface area contributed by atoms with Gasteiger partial charge in [-0.25, -0.2) is 4.98 Å². The molecule has 1 amide bonds. The second-order valence-electron chi connectivity index (χ2n) is 5.30. The molecule has 6 heteroatoms. The molecular weight excluding hydrogens is 314 g/mol. The van der Waals surface area contributed by atoms with E-state index in [2.05, 4.69) is 10.3 Å². The SMILES string of the molecule is Cc1c(Cc2ccc(C#N)nc2)cc2c(c1Cl)OCCNC2=O. The highest BCUT2D eigenvalue weighted by Gasteiger charge is 2.22. The van der Waals surface area contributed by atoms with Crippen LogP contribution in [0.3, 0.4) is 0 Å². The first-order valence-corrected chi connectivity index (χ1v) is 7.56. The normalized spacial score (nSPS) is 13.3. The number of hydrogen-bond donors (Lipinski definition) is 1. The summed E-state index contributed by atoms with van der Waals surface area (Å²) < 4.78 is 5.60. The van der Waals surface area contributed by atoms with Crippen molar-refractivity contribution >= 4 is 17.5 Å². The lowest BCUT2D eigenvalue weighted by Crippen LogP contribution is -2.24. The van der Waals surface area contributed by atoms with Crippen LogP contribution in [0.4, 0.5) is 0 Å². The van der Waals surface area contributed by atoms with Crippen LogP contribution in [0.5, 0.6) is 5.75 Å². The van der Waals surface area contributed by atoms with Crippen LogP contribution in [0, 0.1) is 18.3 Å². The number of ether oxygens (including phenoxy) is 1. The Kier molecular flexibility index (Phi) is 4.18. The standard InChI is InChI=1S/C17H14ClN3O2/c1-10-12(6-11-2-3-13(8-19)21-9-11)7-14-16(15(10)18)23-5-4-20-17(14)22/h2-3,7,9H,4-6H2,1H3,(H,20,22). The highest BCUT2D eigenvalue weighted by molar-refractivity contribution is 6.33. The number of fused-ring (bicyclic) bond motifs is 1. The van der Waals surface area contributed by atoms with Crippen molar-refractivity contribution in [2.75, 3.05) is 13.2 Å². The van der Waals surface area contributed by atoms with E-state index in [-0.39, 0.29) is 5.91 Å². The third-order valence-electron chi connectivity index (χ3n) is 3.79. The van der Waals surface area contributed by atoms with Crippen molar-refractivity contribution in [2.45, 2.75) is 13.3 Å². The number of nitrogens with zero attached hydrogens (tertiary/aromatic N) is 2. The van der Waals surface area contributed by atoms with Crippen LogP contribution < -0.4 is 10.1 Å². The number of aromatic nitrogens is 1. The molecule has 0 aliphatic carbocycles. The predicted octanol–water partition coefficient (Wildman–Crippen LogP) is 2.63. The molecule has 3 rings (SSSR count). The van der Waals surface area contributed by atoms with Crippen molar-refractivity contribution in [3.05, 3.63) is 57.4 Å². The van der Waals surface area contributed by atoms with Crippen LogP contribution >= 0.6 is 11.6 Å². The molecule has 0 saturated heterocycles. The van der Waals surface area contributed by atoms with Crippen LogP contribution in [0.2, 0.25) is 5.02 Å². The molecule has 0 saturated carbocycles. The molecule has 2 heterocycles. The van der Waals surface area contributed by atoms with Gasteiger partial charge in [0.15, 0.2) is 5.75 Å². The number of benzene rings is 1. The minimum atomic E-state index is -0.182. The number of nitrogens with one attached hydrogen (secondary N) is 1. The van der Waals surface area contributed by atoms with E-state index < -0.39 is 0 Å². The van der Waals surface area contributed by atoms with Crippen molar-refractivity contribution in [1.82, 2.24) is 10.3 Å². The van der Waals surface area contributed by atoms with Gasteiger partial charge in [-0.3, -0.25) is 4.79 Å². The lowest BCUT2D eigenvalue weighted by Gasteiger charge is -2.14. The van der Waals surface area contributed by atoms with Gasteiger partial charge < -0.3 is 10.1 Å². The highest BCUT2D eigenvalue weighted by atomic mass is 35.5. The lowest BCUT2D eigenvalue weighted by atomic mass is 9.97. The number of carbonyl (C=O) groups is 1. The lowest BCUT2D eigenvalue weighted by molar-refractivity contribution is 0.0957. The monoisotopic (exact) mass is 327 g/mol. The number of halogens is 1. The van der Waals surface area contributed by atoms with Gasteiger partial charge in [0.05, 0.1) is 17.1 Å². The summed E-state index contributed by atoms with van der Waals surface area (Å²) in [5.41, 5.74) is 3.58. The Hall–Kier alpha value is -2.58. The number of pyridine rings is 1. The third kappa shape index (κ3) is 2.99. The maximum atomic E-state index is 12.2. The van der Waals surface area contributed by atoms with Crippen molar-refractivity contribution in [1.29, 1.82) is 5.26 Å². The first-order valence-electron chi connectivity index (χ1n) is 7.18. The van der Waals surface area contributed by atoms with Gasteiger partial charge in [0.2, 0.25) is 0 Å². The molecule has 23 heavy (non-hydrogen) atoms. The van der Waals surface area contributed by atoms with Crippen LogP contribution in [0.25, 0.3) is 0 Å². The molecule has 1 N–H and O–H groups in total. The molecular formula is C17H14ClN3O2. The average Bonchev–Trinajstić information content (AvgIpc) is 2.75. The van der Waals surface area contributed by atoms with Gasteiger partial charge in [0, 0.05) is 6.20 Å². The smallest absolute Gasteiger partial charge is 0.255 e. The highest BCUT2D eigenvalue weighted by Crippen LogP contribution is 2.36. The summed E-state index contributed by atoms with van der Waals surface area (Å²) in [6, 6.07) is 7.33. The molecule has 0 bridgehead atoms. The molecule has 0 fully saturated rings. The number of nitriles is 1. The Balaban J connectivity index is 2.01. The topological polar surface area (TPSA) is 75.0 Å². The summed E-state index contributed by atoms with van der Waals surface area (Å²) in [6.45, 7) is 2.76. The maximum Gasteiger partial charge on any atom is 0.255 e. The molecule has 0 radical (unpaired) electrons. The average molecular weight is 328 g/mol. The Labute approximate surface area is 138 Å². The van der Waals surface area contributed by atoms with Gasteiger partial charge in [0.25, 0.3) is 5.91 Å². The van der Waals surface area contributed by atoms with Crippen molar-refractivity contribution < 1.29 is 9.53 Å². The van der Waals surface area contributed by atoms with Crippen LogP contribution in [0.1, 0.15) is 32.7 Å². The molecule has 1 aromatic heterocycles. The van der Waals surface area contributed by atoms with Crippen LogP contribution in [-0.2, 0) is 6.42 Å². The van der Waals surface area contributed by atoms with Gasteiger partial charge >= 0.3 is 0 Å². The fourth-order valence-corrected chi connectivity index (χ4v) is 2.78. The minimum Gasteiger partial charge on any atom is -0.489 e. The van der Waals surface area contributed by atoms with E-state index in [1.54, 1.807) is 12.3 Å². The molecule has 1 aromatic carbocycles. The Morgan fingerprint density at radius 2 is 2.30 bits per heavy atom. The molecule has 0 unspecified atom stereocenters. The first-order chi connectivity index (χ1) is 11.1. The van der Waals surface area contributed by atoms with Crippen molar-refractivity contribution in [3.8, 4) is 11.8 Å².